The minimum Gasteiger partial charge on any atom is -0.506 e. The van der Waals surface area contributed by atoms with Crippen molar-refractivity contribution >= 4 is 21.4 Å². The maximum atomic E-state index is 13.2. The summed E-state index contributed by atoms with van der Waals surface area (Å²) in [5.41, 5.74) is -0.848. The number of carbonyl (C=O) groups excluding carboxylic acids is 1. The molecule has 0 aromatic heterocycles. The molecule has 1 fully saturated rings. The number of nitrogens with zero attached hydrogens (tertiary/aromatic N) is 1. The van der Waals surface area contributed by atoms with Crippen LogP contribution in [0, 0.1) is 0 Å². The van der Waals surface area contributed by atoms with Crippen LogP contribution >= 0.6 is 0 Å². The molecule has 28 heavy (non-hydrogen) atoms. The number of amides is 1. The predicted octanol–water partition coefficient (Wildman–Crippen LogP) is 3.51. The van der Waals surface area contributed by atoms with Crippen molar-refractivity contribution in [3.05, 3.63) is 65.9 Å². The Bertz CT molecular complexity index is 1050. The summed E-state index contributed by atoms with van der Waals surface area (Å²) < 4.78 is 32.1. The van der Waals surface area contributed by atoms with Crippen LogP contribution in [0.3, 0.4) is 0 Å². The number of sulfone groups is 1. The number of fused-ring (bicyclic) bond motifs is 1. The van der Waals surface area contributed by atoms with Crippen LogP contribution in [0.1, 0.15) is 31.7 Å². The molecule has 2 aliphatic rings. The lowest BCUT2D eigenvalue weighted by atomic mass is 10.0. The summed E-state index contributed by atoms with van der Waals surface area (Å²) in [6, 6.07) is 14.6. The molecular formula is C21H21NO5S. The fourth-order valence-corrected chi connectivity index (χ4v) is 5.24. The third kappa shape index (κ3) is 2.86. The Morgan fingerprint density at radius 2 is 1.79 bits per heavy atom. The minimum absolute atomic E-state index is 0.0464. The normalized spacial score (nSPS) is 22.2. The Labute approximate surface area is 164 Å². The Balaban J connectivity index is 1.90. The van der Waals surface area contributed by atoms with E-state index in [0.717, 1.165) is 0 Å². The van der Waals surface area contributed by atoms with Crippen molar-refractivity contribution in [1.29, 1.82) is 0 Å². The second-order valence-corrected chi connectivity index (χ2v) is 8.89. The summed E-state index contributed by atoms with van der Waals surface area (Å²) in [6.45, 7) is 1.97. The summed E-state index contributed by atoms with van der Waals surface area (Å²) in [5.74, 6) is -0.244. The largest absolute Gasteiger partial charge is 0.506 e. The van der Waals surface area contributed by atoms with Crippen molar-refractivity contribution < 1.29 is 23.1 Å². The van der Waals surface area contributed by atoms with Gasteiger partial charge in [-0.15, -0.1) is 0 Å². The molecule has 0 spiro atoms. The van der Waals surface area contributed by atoms with E-state index in [2.05, 4.69) is 0 Å². The highest BCUT2D eigenvalue weighted by atomic mass is 32.2. The van der Waals surface area contributed by atoms with Gasteiger partial charge in [0.05, 0.1) is 10.6 Å². The number of benzene rings is 2. The predicted molar refractivity (Wildman–Crippen MR) is 104 cm³/mol. The zero-order valence-electron chi connectivity index (χ0n) is 15.4. The second kappa shape index (κ2) is 6.98. The topological polar surface area (TPSA) is 83.9 Å². The van der Waals surface area contributed by atoms with Gasteiger partial charge < -0.3 is 14.7 Å². The third-order valence-corrected chi connectivity index (χ3v) is 7.05. The Hall–Kier alpha value is -2.80. The van der Waals surface area contributed by atoms with Gasteiger partial charge in [-0.05, 0) is 37.1 Å². The van der Waals surface area contributed by atoms with Gasteiger partial charge in [0.2, 0.25) is 15.7 Å². The van der Waals surface area contributed by atoms with Gasteiger partial charge in [0.15, 0.2) is 5.76 Å². The summed E-state index contributed by atoms with van der Waals surface area (Å²) in [4.78, 5) is 14.2. The zero-order valence-corrected chi connectivity index (χ0v) is 16.2. The number of carbonyl (C=O) groups is 1. The number of hydrogen-bond donors (Lipinski definition) is 1. The molecule has 1 saturated heterocycles. The van der Waals surface area contributed by atoms with Crippen molar-refractivity contribution in [2.24, 2.45) is 0 Å². The van der Waals surface area contributed by atoms with Crippen LogP contribution in [0.15, 0.2) is 65.3 Å². The molecule has 2 aliphatic heterocycles. The van der Waals surface area contributed by atoms with E-state index in [4.69, 9.17) is 4.74 Å². The first-order valence-electron chi connectivity index (χ1n) is 9.25. The lowest BCUT2D eigenvalue weighted by molar-refractivity contribution is -0.126. The zero-order chi connectivity index (χ0) is 19.9. The SMILES string of the molecule is CCC1CCC(=O)N1C1=C(O)C(S(=O)(=O)c2ccccc2)Oc2ccccc21. The summed E-state index contributed by atoms with van der Waals surface area (Å²) in [6.07, 6.45) is 1.75. The molecule has 0 bridgehead atoms. The van der Waals surface area contributed by atoms with Gasteiger partial charge >= 0.3 is 0 Å². The number of aliphatic hydroxyl groups excluding tert-OH is 1. The van der Waals surface area contributed by atoms with Crippen LogP contribution in [0.4, 0.5) is 0 Å². The Morgan fingerprint density at radius 1 is 1.11 bits per heavy atom. The Kier molecular flexibility index (Phi) is 4.63. The average Bonchev–Trinajstić information content (AvgIpc) is 3.08. The van der Waals surface area contributed by atoms with Crippen LogP contribution in [0.25, 0.3) is 5.70 Å². The van der Waals surface area contributed by atoms with Crippen molar-refractivity contribution in [1.82, 2.24) is 4.90 Å². The van der Waals surface area contributed by atoms with Crippen molar-refractivity contribution in [3.8, 4) is 5.75 Å². The van der Waals surface area contributed by atoms with Crippen LogP contribution in [0.5, 0.6) is 5.75 Å². The number of likely N-dealkylation sites (tertiary alicyclic amines) is 1. The van der Waals surface area contributed by atoms with E-state index >= 15 is 0 Å². The Morgan fingerprint density at radius 3 is 2.50 bits per heavy atom. The van der Waals surface area contributed by atoms with Crippen molar-refractivity contribution in [2.75, 3.05) is 0 Å². The van der Waals surface area contributed by atoms with Gasteiger partial charge in [-0.25, -0.2) is 8.42 Å². The van der Waals surface area contributed by atoms with Crippen LogP contribution < -0.4 is 4.74 Å². The molecule has 2 aromatic rings. The fraction of sp³-hybridized carbons (Fsp3) is 0.286. The second-order valence-electron chi connectivity index (χ2n) is 6.90. The lowest BCUT2D eigenvalue weighted by Gasteiger charge is -2.34. The molecule has 2 atom stereocenters. The van der Waals surface area contributed by atoms with Gasteiger partial charge in [0.1, 0.15) is 5.75 Å². The van der Waals surface area contributed by atoms with Crippen LogP contribution in [0.2, 0.25) is 0 Å². The molecule has 146 valence electrons. The van der Waals surface area contributed by atoms with E-state index in [-0.39, 0.29) is 22.5 Å². The molecule has 6 nitrogen and oxygen atoms in total. The summed E-state index contributed by atoms with van der Waals surface area (Å²) in [7, 11) is -4.03. The van der Waals surface area contributed by atoms with Crippen molar-refractivity contribution in [2.45, 2.75) is 42.6 Å². The molecule has 1 amide bonds. The van der Waals surface area contributed by atoms with Gasteiger partial charge in [0.25, 0.3) is 5.44 Å². The first-order valence-corrected chi connectivity index (χ1v) is 10.8. The van der Waals surface area contributed by atoms with E-state index in [1.165, 1.54) is 12.1 Å². The van der Waals surface area contributed by atoms with E-state index in [1.54, 1.807) is 47.4 Å². The van der Waals surface area contributed by atoms with Gasteiger partial charge in [0, 0.05) is 18.0 Å². The van der Waals surface area contributed by atoms with Crippen molar-refractivity contribution in [3.63, 3.8) is 0 Å². The average molecular weight is 399 g/mol. The fourth-order valence-electron chi connectivity index (χ4n) is 3.82. The monoisotopic (exact) mass is 399 g/mol. The standard InChI is InChI=1S/C21H21NO5S/c1-2-14-12-13-18(23)22(14)19-16-10-6-7-11-17(16)27-21(20(19)24)28(25,26)15-8-4-3-5-9-15/h3-11,14,21,24H,2,12-13H2,1H3. The molecule has 4 rings (SSSR count). The summed E-state index contributed by atoms with van der Waals surface area (Å²) in [5, 5.41) is 11.0. The highest BCUT2D eigenvalue weighted by Crippen LogP contribution is 2.42. The number of hydrogen-bond acceptors (Lipinski definition) is 5. The van der Waals surface area contributed by atoms with E-state index in [1.807, 2.05) is 6.92 Å². The lowest BCUT2D eigenvalue weighted by Crippen LogP contribution is -2.39. The van der Waals surface area contributed by atoms with E-state index in [0.29, 0.717) is 30.6 Å². The van der Waals surface area contributed by atoms with Crippen LogP contribution in [-0.2, 0) is 14.6 Å². The molecule has 2 heterocycles. The molecule has 1 N–H and O–H groups in total. The van der Waals surface area contributed by atoms with Gasteiger partial charge in [-0.3, -0.25) is 4.79 Å². The number of rotatable bonds is 4. The van der Waals surface area contributed by atoms with E-state index in [9.17, 15) is 18.3 Å². The molecular weight excluding hydrogens is 378 g/mol. The summed E-state index contributed by atoms with van der Waals surface area (Å²) >= 11 is 0. The first kappa shape index (κ1) is 18.6. The highest BCUT2D eigenvalue weighted by molar-refractivity contribution is 7.92. The van der Waals surface area contributed by atoms with Gasteiger partial charge in [-0.2, -0.15) is 0 Å². The number of aliphatic hydroxyl groups is 1. The van der Waals surface area contributed by atoms with Gasteiger partial charge in [-0.1, -0.05) is 37.3 Å². The third-order valence-electron chi connectivity index (χ3n) is 5.23. The molecule has 0 aliphatic carbocycles. The highest BCUT2D eigenvalue weighted by Gasteiger charge is 2.44. The first-order chi connectivity index (χ1) is 13.4. The quantitative estimate of drug-likeness (QED) is 0.851. The molecule has 2 unspecified atom stereocenters. The molecule has 7 heteroatoms. The molecule has 0 saturated carbocycles. The molecule has 2 aromatic carbocycles. The number of ether oxygens (including phenoxy) is 1. The minimum atomic E-state index is -4.03. The van der Waals surface area contributed by atoms with Crippen LogP contribution in [-0.4, -0.2) is 35.8 Å². The molecule has 0 radical (unpaired) electrons. The smallest absolute Gasteiger partial charge is 0.261 e. The number of para-hydroxylation sites is 1. The maximum absolute atomic E-state index is 13.2. The maximum Gasteiger partial charge on any atom is 0.261 e. The van der Waals surface area contributed by atoms with E-state index < -0.39 is 21.0 Å².